The third-order valence-electron chi connectivity index (χ3n) is 9.93. The van der Waals surface area contributed by atoms with Crippen molar-refractivity contribution in [2.24, 2.45) is 0 Å². The predicted molar refractivity (Wildman–Crippen MR) is 167 cm³/mol. The Balaban J connectivity index is 1.26. The summed E-state index contributed by atoms with van der Waals surface area (Å²) in [5.41, 5.74) is 2.51. The Kier molecular flexibility index (Phi) is 7.37. The first-order valence-electron chi connectivity index (χ1n) is 15.7. The van der Waals surface area contributed by atoms with Crippen molar-refractivity contribution in [3.8, 4) is 12.1 Å². The molecule has 7 rings (SSSR count). The Labute approximate surface area is 257 Å². The number of ether oxygens (including phenoxy) is 1. The maximum atomic E-state index is 15.1. The summed E-state index contributed by atoms with van der Waals surface area (Å²) in [6.07, 6.45) is 6.44. The smallest absolute Gasteiger partial charge is 0.319 e. The van der Waals surface area contributed by atoms with Crippen LogP contribution in [0.1, 0.15) is 43.4 Å². The second kappa shape index (κ2) is 11.4. The van der Waals surface area contributed by atoms with Crippen molar-refractivity contribution in [2.75, 3.05) is 49.6 Å². The van der Waals surface area contributed by atoms with Gasteiger partial charge in [-0.1, -0.05) is 30.8 Å². The molecule has 3 aliphatic heterocycles. The van der Waals surface area contributed by atoms with Gasteiger partial charge < -0.3 is 19.4 Å². The molecule has 3 aromatic rings. The number of hydrogen-bond donors (Lipinski definition) is 0. The Morgan fingerprint density at radius 3 is 2.70 bits per heavy atom. The van der Waals surface area contributed by atoms with E-state index >= 15 is 4.39 Å². The van der Waals surface area contributed by atoms with Crippen LogP contribution in [0.15, 0.2) is 49.1 Å². The summed E-state index contributed by atoms with van der Waals surface area (Å²) in [7, 11) is 2.17. The predicted octanol–water partition coefficient (Wildman–Crippen LogP) is 4.45. The van der Waals surface area contributed by atoms with Gasteiger partial charge in [0, 0.05) is 48.9 Å². The molecule has 2 saturated heterocycles. The van der Waals surface area contributed by atoms with Gasteiger partial charge in [-0.25, -0.2) is 4.39 Å². The second-order valence-corrected chi connectivity index (χ2v) is 12.5. The molecule has 0 N–H and O–H groups in total. The van der Waals surface area contributed by atoms with E-state index in [-0.39, 0.29) is 29.8 Å². The number of amides is 1. The number of halogens is 1. The van der Waals surface area contributed by atoms with Gasteiger partial charge in [-0.05, 0) is 69.3 Å². The summed E-state index contributed by atoms with van der Waals surface area (Å²) in [4.78, 5) is 31.2. The van der Waals surface area contributed by atoms with Gasteiger partial charge in [0.2, 0.25) is 5.91 Å². The van der Waals surface area contributed by atoms with Crippen molar-refractivity contribution in [3.05, 3.63) is 66.1 Å². The highest BCUT2D eigenvalue weighted by atomic mass is 19.1. The van der Waals surface area contributed by atoms with Crippen LogP contribution >= 0.6 is 0 Å². The number of nitrogens with zero attached hydrogens (tertiary/aromatic N) is 7. The number of likely N-dealkylation sites (N-methyl/N-ethyl adjacent to an activating group) is 1. The normalized spacial score (nSPS) is 22.9. The van der Waals surface area contributed by atoms with E-state index in [0.29, 0.717) is 56.6 Å². The van der Waals surface area contributed by atoms with E-state index in [1.165, 1.54) is 12.1 Å². The van der Waals surface area contributed by atoms with Crippen LogP contribution in [0.4, 0.5) is 15.9 Å². The van der Waals surface area contributed by atoms with Gasteiger partial charge in [0.05, 0.1) is 30.8 Å². The SMILES string of the molecule is C=CC(=O)N1CCN(c2nc(OC3(C4CCCN4C)CC3)nc3c2CCN(c2cccc4cccc(F)c24)C3)CC1CC#N. The molecule has 2 unspecified atom stereocenters. The maximum Gasteiger partial charge on any atom is 0.319 e. The van der Waals surface area contributed by atoms with E-state index in [9.17, 15) is 10.1 Å². The summed E-state index contributed by atoms with van der Waals surface area (Å²) in [6.45, 7) is 7.46. The molecule has 1 saturated carbocycles. The number of rotatable bonds is 7. The third-order valence-corrected chi connectivity index (χ3v) is 9.93. The first-order chi connectivity index (χ1) is 21.4. The zero-order valence-corrected chi connectivity index (χ0v) is 25.2. The number of likely N-dealkylation sites (tertiary alicyclic amines) is 1. The fourth-order valence-corrected chi connectivity index (χ4v) is 7.56. The zero-order valence-electron chi connectivity index (χ0n) is 25.2. The van der Waals surface area contributed by atoms with Crippen LogP contribution in [0.25, 0.3) is 10.8 Å². The first-order valence-corrected chi connectivity index (χ1v) is 15.7. The number of nitriles is 1. The molecule has 228 valence electrons. The molecule has 3 fully saturated rings. The molecule has 2 atom stereocenters. The van der Waals surface area contributed by atoms with Gasteiger partial charge >= 0.3 is 6.01 Å². The molecule has 10 heteroatoms. The largest absolute Gasteiger partial charge is 0.455 e. The van der Waals surface area contributed by atoms with Crippen molar-refractivity contribution in [2.45, 2.75) is 62.8 Å². The average molecular weight is 596 g/mol. The van der Waals surface area contributed by atoms with Crippen LogP contribution in [-0.4, -0.2) is 83.1 Å². The van der Waals surface area contributed by atoms with E-state index < -0.39 is 0 Å². The molecule has 1 amide bonds. The lowest BCUT2D eigenvalue weighted by atomic mass is 10.0. The van der Waals surface area contributed by atoms with Crippen LogP contribution in [-0.2, 0) is 17.8 Å². The molecule has 4 aliphatic rings. The molecule has 0 radical (unpaired) electrons. The van der Waals surface area contributed by atoms with Gasteiger partial charge in [-0.2, -0.15) is 15.2 Å². The minimum atomic E-state index is -0.276. The van der Waals surface area contributed by atoms with Crippen LogP contribution in [0.2, 0.25) is 0 Å². The van der Waals surface area contributed by atoms with E-state index in [1.54, 1.807) is 11.0 Å². The first kappa shape index (κ1) is 28.5. The standard InChI is InChI=1S/C34H38FN7O2/c1-3-30(43)42-20-19-41(21-24(42)12-16-36)32-25-13-18-40(28-10-5-8-23-7-4-9-26(35)31(23)28)22-27(25)37-33(38-32)44-34(14-15-34)29-11-6-17-39(29)2/h3-5,7-10,24,29H,1,6,11-15,17-22H2,2H3. The molecule has 1 aliphatic carbocycles. The summed E-state index contributed by atoms with van der Waals surface area (Å²) < 4.78 is 21.9. The molecular weight excluding hydrogens is 557 g/mol. The summed E-state index contributed by atoms with van der Waals surface area (Å²) in [6, 6.07) is 13.8. The van der Waals surface area contributed by atoms with E-state index in [4.69, 9.17) is 14.7 Å². The number of benzene rings is 2. The lowest BCUT2D eigenvalue weighted by Crippen LogP contribution is -2.55. The number of carbonyl (C=O) groups excluding carboxylic acids is 1. The van der Waals surface area contributed by atoms with Crippen molar-refractivity contribution >= 4 is 28.2 Å². The Morgan fingerprint density at radius 1 is 1.16 bits per heavy atom. The van der Waals surface area contributed by atoms with Gasteiger partial charge in [0.1, 0.15) is 17.2 Å². The Morgan fingerprint density at radius 2 is 1.98 bits per heavy atom. The van der Waals surface area contributed by atoms with E-state index in [2.05, 4.69) is 34.4 Å². The van der Waals surface area contributed by atoms with E-state index in [0.717, 1.165) is 60.4 Å². The molecular formula is C34H38FN7O2. The van der Waals surface area contributed by atoms with Gasteiger partial charge in [0.15, 0.2) is 0 Å². The average Bonchev–Trinajstić information content (AvgIpc) is 3.68. The minimum Gasteiger partial charge on any atom is -0.455 e. The topological polar surface area (TPSA) is 88.8 Å². The molecule has 44 heavy (non-hydrogen) atoms. The molecule has 0 bridgehead atoms. The van der Waals surface area contributed by atoms with Gasteiger partial charge in [-0.3, -0.25) is 9.69 Å². The Bertz CT molecular complexity index is 1650. The van der Waals surface area contributed by atoms with Gasteiger partial charge in [0.25, 0.3) is 0 Å². The van der Waals surface area contributed by atoms with Crippen LogP contribution in [0.5, 0.6) is 6.01 Å². The lowest BCUT2D eigenvalue weighted by molar-refractivity contribution is -0.128. The quantitative estimate of drug-likeness (QED) is 0.370. The fraction of sp³-hybridized carbons (Fsp3) is 0.471. The van der Waals surface area contributed by atoms with Crippen LogP contribution in [0.3, 0.4) is 0 Å². The van der Waals surface area contributed by atoms with Crippen molar-refractivity contribution < 1.29 is 13.9 Å². The maximum absolute atomic E-state index is 15.1. The number of carbonyl (C=O) groups is 1. The number of fused-ring (bicyclic) bond motifs is 2. The van der Waals surface area contributed by atoms with Crippen molar-refractivity contribution in [1.82, 2.24) is 19.8 Å². The number of aromatic nitrogens is 2. The second-order valence-electron chi connectivity index (χ2n) is 12.5. The fourth-order valence-electron chi connectivity index (χ4n) is 7.56. The highest BCUT2D eigenvalue weighted by molar-refractivity contribution is 5.95. The molecule has 4 heterocycles. The zero-order chi connectivity index (χ0) is 30.4. The number of piperazine rings is 1. The highest BCUT2D eigenvalue weighted by Crippen LogP contribution is 2.48. The number of hydrogen-bond acceptors (Lipinski definition) is 8. The molecule has 0 spiro atoms. The summed E-state index contributed by atoms with van der Waals surface area (Å²) >= 11 is 0. The summed E-state index contributed by atoms with van der Waals surface area (Å²) in [5.74, 6) is 0.425. The van der Waals surface area contributed by atoms with Gasteiger partial charge in [-0.15, -0.1) is 0 Å². The number of anilines is 2. The van der Waals surface area contributed by atoms with Crippen molar-refractivity contribution in [1.29, 1.82) is 5.26 Å². The molecule has 9 nitrogen and oxygen atoms in total. The lowest BCUT2D eigenvalue weighted by Gasteiger charge is -2.42. The van der Waals surface area contributed by atoms with Crippen LogP contribution < -0.4 is 14.5 Å². The Hall–Kier alpha value is -4.23. The van der Waals surface area contributed by atoms with E-state index in [1.807, 2.05) is 24.3 Å². The molecule has 1 aromatic heterocycles. The minimum absolute atomic E-state index is 0.159. The summed E-state index contributed by atoms with van der Waals surface area (Å²) in [5, 5.41) is 11.0. The monoisotopic (exact) mass is 595 g/mol. The van der Waals surface area contributed by atoms with Crippen LogP contribution in [0, 0.1) is 17.1 Å². The third kappa shape index (κ3) is 5.03. The molecule has 2 aromatic carbocycles. The van der Waals surface area contributed by atoms with Crippen molar-refractivity contribution in [3.63, 3.8) is 0 Å². The highest BCUT2D eigenvalue weighted by Gasteiger charge is 2.55.